The predicted octanol–water partition coefficient (Wildman–Crippen LogP) is 1.45. The maximum Gasteiger partial charge on any atom is 0.311 e. The molecule has 1 aliphatic rings. The molecule has 1 saturated heterocycles. The molecule has 4 nitrogen and oxygen atoms in total. The summed E-state index contributed by atoms with van der Waals surface area (Å²) >= 11 is 1.60. The molecule has 92 valence electrons. The van der Waals surface area contributed by atoms with Crippen molar-refractivity contribution in [3.05, 3.63) is 0 Å². The van der Waals surface area contributed by atoms with Gasteiger partial charge in [-0.1, -0.05) is 13.8 Å². The minimum Gasteiger partial charge on any atom is -0.481 e. The maximum absolute atomic E-state index is 11.8. The van der Waals surface area contributed by atoms with Crippen LogP contribution in [0, 0.1) is 5.41 Å². The first-order valence-corrected chi connectivity index (χ1v) is 6.53. The molecule has 0 aromatic carbocycles. The van der Waals surface area contributed by atoms with Crippen molar-refractivity contribution in [2.75, 3.05) is 18.8 Å². The number of rotatable bonds is 4. The van der Waals surface area contributed by atoms with Gasteiger partial charge in [-0.15, -0.1) is 11.8 Å². The second-order valence-electron chi connectivity index (χ2n) is 4.79. The predicted molar refractivity (Wildman–Crippen MR) is 64.5 cm³/mol. The molecule has 0 spiro atoms. The molecule has 1 atom stereocenters. The lowest BCUT2D eigenvalue weighted by atomic mass is 9.90. The normalized spacial score (nSPS) is 25.1. The molecule has 1 N–H and O–H groups in total. The molecule has 1 fully saturated rings. The molecule has 0 saturated carbocycles. The Balaban J connectivity index is 2.47. The summed E-state index contributed by atoms with van der Waals surface area (Å²) < 4.78 is 0. The van der Waals surface area contributed by atoms with Crippen LogP contribution in [0.3, 0.4) is 0 Å². The Morgan fingerprint density at radius 1 is 1.50 bits per heavy atom. The van der Waals surface area contributed by atoms with Gasteiger partial charge in [0, 0.05) is 13.1 Å². The van der Waals surface area contributed by atoms with Crippen LogP contribution in [0.1, 0.15) is 27.2 Å². The third-order valence-corrected chi connectivity index (χ3v) is 3.96. The lowest BCUT2D eigenvalue weighted by Crippen LogP contribution is -2.35. The van der Waals surface area contributed by atoms with E-state index in [0.717, 1.165) is 0 Å². The highest BCUT2D eigenvalue weighted by atomic mass is 32.2. The summed E-state index contributed by atoms with van der Waals surface area (Å²) in [4.78, 5) is 24.5. The van der Waals surface area contributed by atoms with E-state index in [0.29, 0.717) is 30.5 Å². The molecule has 0 bridgehead atoms. The SMILES string of the molecule is CC(C)SCC(=O)N1CCC(C)(C(=O)O)C1. The molecule has 1 amide bonds. The fraction of sp³-hybridized carbons (Fsp3) is 0.818. The molecule has 5 heteroatoms. The van der Waals surface area contributed by atoms with Crippen molar-refractivity contribution in [3.8, 4) is 0 Å². The highest BCUT2D eigenvalue weighted by Gasteiger charge is 2.41. The van der Waals surface area contributed by atoms with Crippen molar-refractivity contribution >= 4 is 23.6 Å². The summed E-state index contributed by atoms with van der Waals surface area (Å²) in [5.74, 6) is -0.295. The first-order valence-electron chi connectivity index (χ1n) is 5.48. The van der Waals surface area contributed by atoms with Gasteiger partial charge in [-0.3, -0.25) is 9.59 Å². The van der Waals surface area contributed by atoms with Crippen LogP contribution in [-0.2, 0) is 9.59 Å². The zero-order chi connectivity index (χ0) is 12.3. The van der Waals surface area contributed by atoms with Gasteiger partial charge in [0.15, 0.2) is 0 Å². The minimum atomic E-state index is -0.806. The van der Waals surface area contributed by atoms with Crippen LogP contribution in [0.5, 0.6) is 0 Å². The Morgan fingerprint density at radius 2 is 2.12 bits per heavy atom. The molecule has 1 heterocycles. The van der Waals surface area contributed by atoms with Crippen LogP contribution in [-0.4, -0.2) is 46.0 Å². The molecule has 0 aliphatic carbocycles. The largest absolute Gasteiger partial charge is 0.481 e. The van der Waals surface area contributed by atoms with Crippen molar-refractivity contribution in [3.63, 3.8) is 0 Å². The van der Waals surface area contributed by atoms with E-state index in [1.165, 1.54) is 0 Å². The van der Waals surface area contributed by atoms with Crippen LogP contribution >= 0.6 is 11.8 Å². The third kappa shape index (κ3) is 3.14. The fourth-order valence-electron chi connectivity index (χ4n) is 1.68. The molecule has 1 unspecified atom stereocenters. The Hall–Kier alpha value is -0.710. The zero-order valence-corrected chi connectivity index (χ0v) is 10.8. The summed E-state index contributed by atoms with van der Waals surface area (Å²) in [6, 6.07) is 0. The number of carboxylic acid groups (broad SMARTS) is 1. The third-order valence-electron chi connectivity index (χ3n) is 2.88. The molecule has 1 aliphatic heterocycles. The number of nitrogens with zero attached hydrogens (tertiary/aromatic N) is 1. The van der Waals surface area contributed by atoms with E-state index < -0.39 is 11.4 Å². The van der Waals surface area contributed by atoms with Gasteiger partial charge in [-0.05, 0) is 18.6 Å². The Morgan fingerprint density at radius 3 is 2.56 bits per heavy atom. The number of hydrogen-bond acceptors (Lipinski definition) is 3. The summed E-state index contributed by atoms with van der Waals surface area (Å²) in [7, 11) is 0. The van der Waals surface area contributed by atoms with E-state index >= 15 is 0 Å². The smallest absolute Gasteiger partial charge is 0.311 e. The van der Waals surface area contributed by atoms with Gasteiger partial charge in [0.1, 0.15) is 0 Å². The first kappa shape index (κ1) is 13.4. The van der Waals surface area contributed by atoms with E-state index in [1.54, 1.807) is 23.6 Å². The number of carboxylic acids is 1. The van der Waals surface area contributed by atoms with E-state index in [9.17, 15) is 9.59 Å². The number of carbonyl (C=O) groups is 2. The van der Waals surface area contributed by atoms with Crippen molar-refractivity contribution in [1.82, 2.24) is 4.90 Å². The maximum atomic E-state index is 11.8. The van der Waals surface area contributed by atoms with Gasteiger partial charge in [0.05, 0.1) is 11.2 Å². The second kappa shape index (κ2) is 5.08. The van der Waals surface area contributed by atoms with E-state index in [2.05, 4.69) is 0 Å². The number of likely N-dealkylation sites (tertiary alicyclic amines) is 1. The number of hydrogen-bond donors (Lipinski definition) is 1. The summed E-state index contributed by atoms with van der Waals surface area (Å²) in [6.07, 6.45) is 0.556. The van der Waals surface area contributed by atoms with Gasteiger partial charge >= 0.3 is 5.97 Å². The second-order valence-corrected chi connectivity index (χ2v) is 6.36. The standard InChI is InChI=1S/C11H19NO3S/c1-8(2)16-6-9(13)12-5-4-11(3,7-12)10(14)15/h8H,4-7H2,1-3H3,(H,14,15). The van der Waals surface area contributed by atoms with Gasteiger partial charge in [0.2, 0.25) is 5.91 Å². The quantitative estimate of drug-likeness (QED) is 0.814. The van der Waals surface area contributed by atoms with Gasteiger partial charge < -0.3 is 10.0 Å². The summed E-state index contributed by atoms with van der Waals surface area (Å²) in [6.45, 7) is 6.71. The lowest BCUT2D eigenvalue weighted by molar-refractivity contribution is -0.147. The number of aliphatic carboxylic acids is 1. The average Bonchev–Trinajstić information content (AvgIpc) is 2.59. The van der Waals surface area contributed by atoms with E-state index in [1.807, 2.05) is 13.8 Å². The van der Waals surface area contributed by atoms with Crippen molar-refractivity contribution < 1.29 is 14.7 Å². The minimum absolute atomic E-state index is 0.0590. The van der Waals surface area contributed by atoms with Gasteiger partial charge in [0.25, 0.3) is 0 Å². The highest BCUT2D eigenvalue weighted by molar-refractivity contribution is 8.00. The lowest BCUT2D eigenvalue weighted by Gasteiger charge is -2.20. The first-order chi connectivity index (χ1) is 7.35. The molecular weight excluding hydrogens is 226 g/mol. The van der Waals surface area contributed by atoms with Crippen LogP contribution in [0.15, 0.2) is 0 Å². The Bertz CT molecular complexity index is 293. The van der Waals surface area contributed by atoms with Crippen LogP contribution in [0.25, 0.3) is 0 Å². The number of thioether (sulfide) groups is 1. The van der Waals surface area contributed by atoms with Gasteiger partial charge in [-0.2, -0.15) is 0 Å². The van der Waals surface area contributed by atoms with Crippen LogP contribution < -0.4 is 0 Å². The topological polar surface area (TPSA) is 57.6 Å². The molecule has 0 aromatic heterocycles. The molecule has 16 heavy (non-hydrogen) atoms. The van der Waals surface area contributed by atoms with Gasteiger partial charge in [-0.25, -0.2) is 0 Å². The Labute approximate surface area is 100 Å². The molecule has 0 radical (unpaired) electrons. The fourth-order valence-corrected chi connectivity index (χ4v) is 2.34. The molecule has 1 rings (SSSR count). The summed E-state index contributed by atoms with van der Waals surface area (Å²) in [5, 5.41) is 9.48. The molecule has 0 aromatic rings. The van der Waals surface area contributed by atoms with Crippen molar-refractivity contribution in [2.45, 2.75) is 32.4 Å². The van der Waals surface area contributed by atoms with Crippen LogP contribution in [0.2, 0.25) is 0 Å². The Kier molecular flexibility index (Phi) is 4.24. The number of amides is 1. The zero-order valence-electron chi connectivity index (χ0n) is 10.0. The van der Waals surface area contributed by atoms with Crippen LogP contribution in [0.4, 0.5) is 0 Å². The highest BCUT2D eigenvalue weighted by Crippen LogP contribution is 2.30. The molecular formula is C11H19NO3S. The average molecular weight is 245 g/mol. The summed E-state index contributed by atoms with van der Waals surface area (Å²) in [5.41, 5.74) is -0.752. The van der Waals surface area contributed by atoms with E-state index in [-0.39, 0.29) is 5.91 Å². The van der Waals surface area contributed by atoms with Crippen molar-refractivity contribution in [2.24, 2.45) is 5.41 Å². The van der Waals surface area contributed by atoms with E-state index in [4.69, 9.17) is 5.11 Å². The number of carbonyl (C=O) groups excluding carboxylic acids is 1. The van der Waals surface area contributed by atoms with Crippen molar-refractivity contribution in [1.29, 1.82) is 0 Å². The monoisotopic (exact) mass is 245 g/mol.